The number of pyridine rings is 1. The number of aromatic nitrogens is 1. The van der Waals surface area contributed by atoms with Gasteiger partial charge in [0.15, 0.2) is 0 Å². The van der Waals surface area contributed by atoms with Crippen LogP contribution in [0, 0.1) is 0 Å². The summed E-state index contributed by atoms with van der Waals surface area (Å²) in [5.74, 6) is 0.879. The molecule has 0 unspecified atom stereocenters. The van der Waals surface area contributed by atoms with Crippen LogP contribution < -0.4 is 10.1 Å². The predicted octanol–water partition coefficient (Wildman–Crippen LogP) is 1.74. The van der Waals surface area contributed by atoms with E-state index in [0.29, 0.717) is 0 Å². The first kappa shape index (κ1) is 9.16. The maximum Gasteiger partial charge on any atom is 0.137 e. The van der Waals surface area contributed by atoms with Gasteiger partial charge in [-0.15, -0.1) is 0 Å². The summed E-state index contributed by atoms with van der Waals surface area (Å²) in [6.45, 7) is 0.787. The van der Waals surface area contributed by atoms with E-state index in [0.717, 1.165) is 18.4 Å². The monoisotopic (exact) mass is 204 g/mol. The maximum atomic E-state index is 5.79. The van der Waals surface area contributed by atoms with Crippen molar-refractivity contribution in [2.24, 2.45) is 0 Å². The molecule has 0 spiro atoms. The third kappa shape index (κ3) is 1.72. The van der Waals surface area contributed by atoms with Gasteiger partial charge < -0.3 is 10.1 Å². The van der Waals surface area contributed by atoms with Gasteiger partial charge in [-0.1, -0.05) is 0 Å². The standard InChI is InChI=1S/C12H16N2O/c1-2-11(8-13-7-1)15-9-12-5-3-10(14-12)4-6-12/h1-2,7-8,10,14H,3-6,9H2. The van der Waals surface area contributed by atoms with Crippen LogP contribution in [0.5, 0.6) is 5.75 Å². The molecule has 1 aromatic heterocycles. The summed E-state index contributed by atoms with van der Waals surface area (Å²) in [6.07, 6.45) is 8.70. The van der Waals surface area contributed by atoms with E-state index in [2.05, 4.69) is 10.3 Å². The number of hydrogen-bond donors (Lipinski definition) is 1. The quantitative estimate of drug-likeness (QED) is 0.814. The number of hydrogen-bond acceptors (Lipinski definition) is 3. The lowest BCUT2D eigenvalue weighted by Gasteiger charge is -2.25. The highest BCUT2D eigenvalue weighted by Gasteiger charge is 2.44. The second-order valence-corrected chi connectivity index (χ2v) is 4.68. The van der Waals surface area contributed by atoms with Crippen molar-refractivity contribution in [1.82, 2.24) is 10.3 Å². The molecule has 2 saturated heterocycles. The summed E-state index contributed by atoms with van der Waals surface area (Å²) in [5, 5.41) is 3.67. The minimum Gasteiger partial charge on any atom is -0.490 e. The summed E-state index contributed by atoms with van der Waals surface area (Å²) in [4.78, 5) is 4.04. The largest absolute Gasteiger partial charge is 0.490 e. The molecule has 3 rings (SSSR count). The molecular weight excluding hydrogens is 188 g/mol. The molecule has 1 N–H and O–H groups in total. The van der Waals surface area contributed by atoms with Crippen LogP contribution in [0.2, 0.25) is 0 Å². The Kier molecular flexibility index (Phi) is 2.13. The molecule has 80 valence electrons. The van der Waals surface area contributed by atoms with Crippen LogP contribution in [0.25, 0.3) is 0 Å². The van der Waals surface area contributed by atoms with Crippen molar-refractivity contribution in [3.05, 3.63) is 24.5 Å². The number of ether oxygens (including phenoxy) is 1. The second kappa shape index (κ2) is 3.49. The molecule has 3 heterocycles. The lowest BCUT2D eigenvalue weighted by atomic mass is 9.89. The van der Waals surface area contributed by atoms with Crippen LogP contribution in [0.15, 0.2) is 24.5 Å². The predicted molar refractivity (Wildman–Crippen MR) is 57.9 cm³/mol. The SMILES string of the molecule is c1cncc(OCC23CCC(CC2)N3)c1. The van der Waals surface area contributed by atoms with Crippen molar-refractivity contribution in [3.63, 3.8) is 0 Å². The van der Waals surface area contributed by atoms with Crippen LogP contribution in [0.1, 0.15) is 25.7 Å². The molecule has 2 bridgehead atoms. The smallest absolute Gasteiger partial charge is 0.137 e. The Bertz CT molecular complexity index is 331. The Morgan fingerprint density at radius 3 is 2.93 bits per heavy atom. The van der Waals surface area contributed by atoms with Crippen LogP contribution in [-0.2, 0) is 0 Å². The zero-order valence-corrected chi connectivity index (χ0v) is 8.78. The fourth-order valence-electron chi connectivity index (χ4n) is 2.73. The Morgan fingerprint density at radius 1 is 1.47 bits per heavy atom. The Morgan fingerprint density at radius 2 is 2.33 bits per heavy atom. The highest BCUT2D eigenvalue weighted by Crippen LogP contribution is 2.37. The van der Waals surface area contributed by atoms with Crippen molar-refractivity contribution >= 4 is 0 Å². The van der Waals surface area contributed by atoms with Crippen molar-refractivity contribution < 1.29 is 4.74 Å². The lowest BCUT2D eigenvalue weighted by Crippen LogP contribution is -2.42. The van der Waals surface area contributed by atoms with Gasteiger partial charge in [-0.05, 0) is 37.8 Å². The minimum atomic E-state index is 0.264. The van der Waals surface area contributed by atoms with E-state index < -0.39 is 0 Å². The molecule has 3 heteroatoms. The van der Waals surface area contributed by atoms with Gasteiger partial charge in [0.05, 0.1) is 11.7 Å². The molecule has 0 amide bonds. The van der Waals surface area contributed by atoms with E-state index >= 15 is 0 Å². The average molecular weight is 204 g/mol. The van der Waals surface area contributed by atoms with Gasteiger partial charge in [0.1, 0.15) is 12.4 Å². The van der Waals surface area contributed by atoms with Gasteiger partial charge in [0, 0.05) is 12.2 Å². The average Bonchev–Trinajstić information content (AvgIpc) is 2.89. The molecule has 1 aromatic rings. The fraction of sp³-hybridized carbons (Fsp3) is 0.583. The molecule has 2 aliphatic heterocycles. The second-order valence-electron chi connectivity index (χ2n) is 4.68. The van der Waals surface area contributed by atoms with Crippen molar-refractivity contribution in [2.45, 2.75) is 37.3 Å². The van der Waals surface area contributed by atoms with Crippen LogP contribution in [-0.4, -0.2) is 23.2 Å². The third-order valence-electron chi connectivity index (χ3n) is 3.60. The minimum absolute atomic E-state index is 0.264. The summed E-state index contributed by atoms with van der Waals surface area (Å²) in [6, 6.07) is 4.62. The topological polar surface area (TPSA) is 34.1 Å². The summed E-state index contributed by atoms with van der Waals surface area (Å²) in [7, 11) is 0. The zero-order chi connectivity index (χ0) is 10.1. The zero-order valence-electron chi connectivity index (χ0n) is 8.78. The number of rotatable bonds is 3. The van der Waals surface area contributed by atoms with Crippen molar-refractivity contribution in [1.29, 1.82) is 0 Å². The third-order valence-corrected chi connectivity index (χ3v) is 3.60. The first-order valence-corrected chi connectivity index (χ1v) is 5.67. The van der Waals surface area contributed by atoms with E-state index in [1.807, 2.05) is 12.1 Å². The van der Waals surface area contributed by atoms with Crippen LogP contribution >= 0.6 is 0 Å². The lowest BCUT2D eigenvalue weighted by molar-refractivity contribution is 0.202. The summed E-state index contributed by atoms with van der Waals surface area (Å²) >= 11 is 0. The molecule has 0 radical (unpaired) electrons. The molecule has 0 saturated carbocycles. The number of fused-ring (bicyclic) bond motifs is 2. The molecule has 2 fully saturated rings. The molecule has 15 heavy (non-hydrogen) atoms. The molecular formula is C12H16N2O. The van der Waals surface area contributed by atoms with Gasteiger partial charge in [0.25, 0.3) is 0 Å². The number of nitrogens with one attached hydrogen (secondary N) is 1. The van der Waals surface area contributed by atoms with Crippen molar-refractivity contribution in [2.75, 3.05) is 6.61 Å². The Labute approximate surface area is 89.9 Å². The van der Waals surface area contributed by atoms with E-state index in [-0.39, 0.29) is 5.54 Å². The van der Waals surface area contributed by atoms with Crippen LogP contribution in [0.4, 0.5) is 0 Å². The van der Waals surface area contributed by atoms with Gasteiger partial charge in [-0.2, -0.15) is 0 Å². The van der Waals surface area contributed by atoms with Gasteiger partial charge >= 0.3 is 0 Å². The van der Waals surface area contributed by atoms with Gasteiger partial charge in [-0.25, -0.2) is 0 Å². The molecule has 0 aliphatic carbocycles. The van der Waals surface area contributed by atoms with E-state index in [4.69, 9.17) is 4.74 Å². The van der Waals surface area contributed by atoms with Crippen LogP contribution in [0.3, 0.4) is 0 Å². The summed E-state index contributed by atoms with van der Waals surface area (Å²) in [5.41, 5.74) is 0.264. The van der Waals surface area contributed by atoms with Gasteiger partial charge in [-0.3, -0.25) is 4.98 Å². The van der Waals surface area contributed by atoms with Gasteiger partial charge in [0.2, 0.25) is 0 Å². The van der Waals surface area contributed by atoms with E-state index in [9.17, 15) is 0 Å². The first-order chi connectivity index (χ1) is 7.36. The molecule has 0 atom stereocenters. The normalized spacial score (nSPS) is 33.2. The number of nitrogens with zero attached hydrogens (tertiary/aromatic N) is 1. The summed E-state index contributed by atoms with van der Waals surface area (Å²) < 4.78 is 5.79. The maximum absolute atomic E-state index is 5.79. The Hall–Kier alpha value is -1.09. The molecule has 0 aromatic carbocycles. The highest BCUT2D eigenvalue weighted by molar-refractivity contribution is 5.16. The molecule has 2 aliphatic rings. The Balaban J connectivity index is 1.62. The fourth-order valence-corrected chi connectivity index (χ4v) is 2.73. The van der Waals surface area contributed by atoms with E-state index in [1.165, 1.54) is 25.7 Å². The van der Waals surface area contributed by atoms with Crippen molar-refractivity contribution in [3.8, 4) is 5.75 Å². The first-order valence-electron chi connectivity index (χ1n) is 5.67. The highest BCUT2D eigenvalue weighted by atomic mass is 16.5. The van der Waals surface area contributed by atoms with E-state index in [1.54, 1.807) is 12.4 Å². The molecule has 3 nitrogen and oxygen atoms in total.